The summed E-state index contributed by atoms with van der Waals surface area (Å²) in [6.07, 6.45) is 1.32. The zero-order valence-corrected chi connectivity index (χ0v) is 14.9. The lowest BCUT2D eigenvalue weighted by atomic mass is 10.2. The monoisotopic (exact) mass is 364 g/mol. The van der Waals surface area contributed by atoms with E-state index in [-0.39, 0.29) is 11.5 Å². The number of carbonyl (C=O) groups is 2. The molecular formula is C20H20N4O3. The zero-order chi connectivity index (χ0) is 19.5. The van der Waals surface area contributed by atoms with Crippen molar-refractivity contribution in [1.29, 1.82) is 5.26 Å². The Bertz CT molecular complexity index is 840. The Morgan fingerprint density at radius 2 is 1.70 bits per heavy atom. The van der Waals surface area contributed by atoms with Gasteiger partial charge in [-0.1, -0.05) is 18.2 Å². The lowest BCUT2D eigenvalue weighted by Gasteiger charge is -2.08. The highest BCUT2D eigenvalue weighted by Gasteiger charge is 2.09. The van der Waals surface area contributed by atoms with Crippen LogP contribution in [0.1, 0.15) is 6.92 Å². The molecule has 0 fully saturated rings. The predicted octanol–water partition coefficient (Wildman–Crippen LogP) is 2.55. The highest BCUT2D eigenvalue weighted by molar-refractivity contribution is 6.06. The van der Waals surface area contributed by atoms with Gasteiger partial charge in [-0.25, -0.2) is 0 Å². The molecule has 138 valence electrons. The third-order valence-corrected chi connectivity index (χ3v) is 3.35. The van der Waals surface area contributed by atoms with Gasteiger partial charge in [0.1, 0.15) is 23.1 Å². The Morgan fingerprint density at radius 1 is 1.04 bits per heavy atom. The second-order valence-corrected chi connectivity index (χ2v) is 5.50. The van der Waals surface area contributed by atoms with Crippen molar-refractivity contribution >= 4 is 17.5 Å². The van der Waals surface area contributed by atoms with E-state index in [0.29, 0.717) is 30.3 Å². The van der Waals surface area contributed by atoms with Crippen LogP contribution in [0, 0.1) is 11.3 Å². The van der Waals surface area contributed by atoms with E-state index < -0.39 is 5.91 Å². The number of para-hydroxylation sites is 1. The molecule has 2 aromatic carbocycles. The van der Waals surface area contributed by atoms with Gasteiger partial charge in [-0.3, -0.25) is 9.59 Å². The van der Waals surface area contributed by atoms with Crippen molar-refractivity contribution in [3.63, 3.8) is 0 Å². The second-order valence-electron chi connectivity index (χ2n) is 5.50. The summed E-state index contributed by atoms with van der Waals surface area (Å²) in [7, 11) is 0. The Labute approximate surface area is 157 Å². The van der Waals surface area contributed by atoms with Crippen molar-refractivity contribution in [2.24, 2.45) is 0 Å². The third kappa shape index (κ3) is 6.92. The molecule has 0 aliphatic carbocycles. The topological polar surface area (TPSA) is 103 Å². The van der Waals surface area contributed by atoms with Crippen LogP contribution in [0.3, 0.4) is 0 Å². The Kier molecular flexibility index (Phi) is 7.42. The van der Waals surface area contributed by atoms with E-state index in [1.807, 2.05) is 36.4 Å². The highest BCUT2D eigenvalue weighted by Crippen LogP contribution is 2.22. The Hall–Kier alpha value is -3.79. The SMILES string of the molecule is CC(=O)NCCN/C=C(/C#N)C(=O)Nc1ccc(Oc2ccccc2)cc1. The summed E-state index contributed by atoms with van der Waals surface area (Å²) < 4.78 is 5.68. The van der Waals surface area contributed by atoms with Gasteiger partial charge in [0.25, 0.3) is 5.91 Å². The van der Waals surface area contributed by atoms with E-state index in [1.54, 1.807) is 24.3 Å². The molecule has 7 heteroatoms. The summed E-state index contributed by atoms with van der Waals surface area (Å²) in [6.45, 7) is 2.22. The maximum Gasteiger partial charge on any atom is 0.267 e. The summed E-state index contributed by atoms with van der Waals surface area (Å²) in [5.41, 5.74) is 0.474. The number of carbonyl (C=O) groups excluding carboxylic acids is 2. The van der Waals surface area contributed by atoms with Crippen molar-refractivity contribution in [2.45, 2.75) is 6.92 Å². The number of hydrogen-bond donors (Lipinski definition) is 3. The molecule has 0 aliphatic rings. The van der Waals surface area contributed by atoms with Crippen LogP contribution in [0.4, 0.5) is 5.69 Å². The van der Waals surface area contributed by atoms with Crippen molar-refractivity contribution in [2.75, 3.05) is 18.4 Å². The zero-order valence-electron chi connectivity index (χ0n) is 14.9. The first-order valence-corrected chi connectivity index (χ1v) is 8.31. The maximum atomic E-state index is 12.1. The standard InChI is InChI=1S/C20H20N4O3/c1-15(25)23-12-11-22-14-16(13-21)20(26)24-17-7-9-19(10-8-17)27-18-5-3-2-4-6-18/h2-10,14,22H,11-12H2,1H3,(H,23,25)(H,24,26)/b16-14-. The van der Waals surface area contributed by atoms with Crippen LogP contribution in [0.5, 0.6) is 11.5 Å². The van der Waals surface area contributed by atoms with Crippen molar-refractivity contribution in [3.05, 3.63) is 66.4 Å². The van der Waals surface area contributed by atoms with Gasteiger partial charge in [0.05, 0.1) is 0 Å². The van der Waals surface area contributed by atoms with E-state index in [0.717, 1.165) is 0 Å². The maximum absolute atomic E-state index is 12.1. The molecule has 27 heavy (non-hydrogen) atoms. The average molecular weight is 364 g/mol. The molecule has 0 heterocycles. The van der Waals surface area contributed by atoms with Crippen LogP contribution < -0.4 is 20.7 Å². The van der Waals surface area contributed by atoms with E-state index in [2.05, 4.69) is 16.0 Å². The molecule has 0 spiro atoms. The number of ether oxygens (including phenoxy) is 1. The van der Waals surface area contributed by atoms with Gasteiger partial charge in [0.2, 0.25) is 5.91 Å². The van der Waals surface area contributed by atoms with Crippen LogP contribution in [-0.2, 0) is 9.59 Å². The number of amides is 2. The van der Waals surface area contributed by atoms with Gasteiger partial charge in [-0.05, 0) is 36.4 Å². The molecule has 7 nitrogen and oxygen atoms in total. The highest BCUT2D eigenvalue weighted by atomic mass is 16.5. The van der Waals surface area contributed by atoms with Gasteiger partial charge >= 0.3 is 0 Å². The summed E-state index contributed by atoms with van der Waals surface area (Å²) in [5, 5.41) is 17.2. The van der Waals surface area contributed by atoms with Gasteiger partial charge in [0.15, 0.2) is 0 Å². The molecule has 0 radical (unpaired) electrons. The summed E-state index contributed by atoms with van der Waals surface area (Å²) in [5.74, 6) is 0.684. The molecule has 0 atom stereocenters. The summed E-state index contributed by atoms with van der Waals surface area (Å²) >= 11 is 0. The lowest BCUT2D eigenvalue weighted by Crippen LogP contribution is -2.28. The normalized spacial score (nSPS) is 10.4. The Morgan fingerprint density at radius 3 is 2.33 bits per heavy atom. The van der Waals surface area contributed by atoms with Crippen molar-refractivity contribution in [1.82, 2.24) is 10.6 Å². The van der Waals surface area contributed by atoms with Crippen LogP contribution in [0.2, 0.25) is 0 Å². The third-order valence-electron chi connectivity index (χ3n) is 3.35. The van der Waals surface area contributed by atoms with Gasteiger partial charge in [-0.15, -0.1) is 0 Å². The molecule has 2 amide bonds. The minimum atomic E-state index is -0.527. The molecule has 0 aromatic heterocycles. The Balaban J connectivity index is 1.88. The molecule has 0 aliphatic heterocycles. The minimum Gasteiger partial charge on any atom is -0.457 e. The number of nitrogens with one attached hydrogen (secondary N) is 3. The van der Waals surface area contributed by atoms with Gasteiger partial charge < -0.3 is 20.7 Å². The van der Waals surface area contributed by atoms with Crippen LogP contribution >= 0.6 is 0 Å². The van der Waals surface area contributed by atoms with Crippen LogP contribution in [0.15, 0.2) is 66.4 Å². The molecular weight excluding hydrogens is 344 g/mol. The quantitative estimate of drug-likeness (QED) is 0.379. The van der Waals surface area contributed by atoms with Crippen LogP contribution in [0.25, 0.3) is 0 Å². The molecule has 0 bridgehead atoms. The van der Waals surface area contributed by atoms with Gasteiger partial charge in [-0.2, -0.15) is 5.26 Å². The number of rotatable bonds is 8. The molecule has 0 saturated carbocycles. The molecule has 3 N–H and O–H groups in total. The fraction of sp³-hybridized carbons (Fsp3) is 0.150. The largest absolute Gasteiger partial charge is 0.457 e. The first kappa shape index (κ1) is 19.5. The van der Waals surface area contributed by atoms with Gasteiger partial charge in [0, 0.05) is 31.9 Å². The number of nitrogens with zero attached hydrogens (tertiary/aromatic N) is 1. The lowest BCUT2D eigenvalue weighted by molar-refractivity contribution is -0.119. The number of nitriles is 1. The second kappa shape index (κ2) is 10.3. The van der Waals surface area contributed by atoms with Crippen molar-refractivity contribution in [3.8, 4) is 17.6 Å². The number of anilines is 1. The molecule has 2 aromatic rings. The fourth-order valence-corrected chi connectivity index (χ4v) is 2.06. The molecule has 2 rings (SSSR count). The van der Waals surface area contributed by atoms with Crippen LogP contribution in [-0.4, -0.2) is 24.9 Å². The first-order valence-electron chi connectivity index (χ1n) is 8.31. The number of hydrogen-bond acceptors (Lipinski definition) is 5. The van der Waals surface area contributed by atoms with E-state index in [1.165, 1.54) is 13.1 Å². The summed E-state index contributed by atoms with van der Waals surface area (Å²) in [4.78, 5) is 22.9. The van der Waals surface area contributed by atoms with E-state index in [9.17, 15) is 9.59 Å². The summed E-state index contributed by atoms with van der Waals surface area (Å²) in [6, 6.07) is 18.0. The minimum absolute atomic E-state index is 0.0672. The average Bonchev–Trinajstić information content (AvgIpc) is 2.66. The smallest absolute Gasteiger partial charge is 0.267 e. The van der Waals surface area contributed by atoms with E-state index in [4.69, 9.17) is 10.00 Å². The fourth-order valence-electron chi connectivity index (χ4n) is 2.06. The van der Waals surface area contributed by atoms with E-state index >= 15 is 0 Å². The molecule has 0 unspecified atom stereocenters. The first-order chi connectivity index (χ1) is 13.1. The predicted molar refractivity (Wildman–Crippen MR) is 102 cm³/mol. The number of benzene rings is 2. The van der Waals surface area contributed by atoms with Crippen molar-refractivity contribution < 1.29 is 14.3 Å². The molecule has 0 saturated heterocycles.